The Morgan fingerprint density at radius 1 is 1.25 bits per heavy atom. The second kappa shape index (κ2) is 6.58. The summed E-state index contributed by atoms with van der Waals surface area (Å²) < 4.78 is 7.30. The van der Waals surface area contributed by atoms with Crippen molar-refractivity contribution in [1.82, 2.24) is 0 Å². The average molecular weight is 446 g/mol. The third-order valence-electron chi connectivity index (χ3n) is 2.79. The van der Waals surface area contributed by atoms with Gasteiger partial charge in [-0.25, -0.2) is 0 Å². The smallest absolute Gasteiger partial charge is 0.259 e. The molecule has 0 saturated heterocycles. The normalized spacial score (nSPS) is 10.2. The summed E-state index contributed by atoms with van der Waals surface area (Å²) in [5.74, 6) is 0.406. The van der Waals surface area contributed by atoms with E-state index >= 15 is 0 Å². The number of methoxy groups -OCH3 is 1. The summed E-state index contributed by atoms with van der Waals surface area (Å²) in [6, 6.07) is 11.3. The number of carbonyl (C=O) groups is 1. The molecule has 0 aliphatic heterocycles. The van der Waals surface area contributed by atoms with Crippen molar-refractivity contribution in [1.29, 1.82) is 0 Å². The standard InChI is InChI=1S/C15H13BrINO2/c1-9-7-10(16)8-13(14(9)20-2)15(19)18-12-5-3-11(17)4-6-12/h3-8H,1-2H3,(H,18,19). The molecule has 5 heteroatoms. The molecule has 2 rings (SSSR count). The molecule has 0 unspecified atom stereocenters. The Bertz CT molecular complexity index is 641. The number of ether oxygens (including phenoxy) is 1. The molecule has 0 bridgehead atoms. The second-order valence-electron chi connectivity index (χ2n) is 4.26. The molecule has 0 radical (unpaired) electrons. The molecule has 0 atom stereocenters. The number of hydrogen-bond acceptors (Lipinski definition) is 2. The molecule has 1 amide bonds. The Morgan fingerprint density at radius 2 is 1.90 bits per heavy atom. The molecule has 0 aromatic heterocycles. The number of anilines is 1. The topological polar surface area (TPSA) is 38.3 Å². The first kappa shape index (κ1) is 15.3. The number of benzene rings is 2. The maximum Gasteiger partial charge on any atom is 0.259 e. The van der Waals surface area contributed by atoms with Crippen molar-refractivity contribution in [2.45, 2.75) is 6.92 Å². The van der Waals surface area contributed by atoms with E-state index in [2.05, 4.69) is 43.8 Å². The Balaban J connectivity index is 2.31. The second-order valence-corrected chi connectivity index (χ2v) is 6.43. The van der Waals surface area contributed by atoms with Gasteiger partial charge in [0.25, 0.3) is 5.91 Å². The van der Waals surface area contributed by atoms with E-state index in [1.807, 2.05) is 37.3 Å². The number of carbonyl (C=O) groups excluding carboxylic acids is 1. The minimum atomic E-state index is -0.188. The molecular weight excluding hydrogens is 433 g/mol. The molecule has 2 aromatic carbocycles. The van der Waals surface area contributed by atoms with E-state index in [-0.39, 0.29) is 5.91 Å². The fourth-order valence-electron chi connectivity index (χ4n) is 1.90. The van der Waals surface area contributed by atoms with Crippen molar-refractivity contribution in [2.24, 2.45) is 0 Å². The number of hydrogen-bond donors (Lipinski definition) is 1. The summed E-state index contributed by atoms with van der Waals surface area (Å²) in [5.41, 5.74) is 2.18. The van der Waals surface area contributed by atoms with E-state index in [1.165, 1.54) is 0 Å². The van der Waals surface area contributed by atoms with Gasteiger partial charge in [-0.2, -0.15) is 0 Å². The van der Waals surface area contributed by atoms with Crippen LogP contribution in [-0.2, 0) is 0 Å². The Morgan fingerprint density at radius 3 is 2.50 bits per heavy atom. The Hall–Kier alpha value is -1.08. The van der Waals surface area contributed by atoms with Crippen LogP contribution in [0.15, 0.2) is 40.9 Å². The monoisotopic (exact) mass is 445 g/mol. The van der Waals surface area contributed by atoms with Crippen LogP contribution >= 0.6 is 38.5 Å². The third kappa shape index (κ3) is 3.52. The number of halogens is 2. The predicted octanol–water partition coefficient (Wildman–Crippen LogP) is 4.62. The van der Waals surface area contributed by atoms with Crippen molar-refractivity contribution in [3.05, 3.63) is 55.6 Å². The van der Waals surface area contributed by atoms with Gasteiger partial charge in [0.05, 0.1) is 12.7 Å². The summed E-state index contributed by atoms with van der Waals surface area (Å²) in [4.78, 5) is 12.4. The lowest BCUT2D eigenvalue weighted by Crippen LogP contribution is -2.13. The van der Waals surface area contributed by atoms with E-state index in [4.69, 9.17) is 4.74 Å². The van der Waals surface area contributed by atoms with Gasteiger partial charge in [-0.1, -0.05) is 15.9 Å². The van der Waals surface area contributed by atoms with Gasteiger partial charge in [-0.05, 0) is 71.5 Å². The van der Waals surface area contributed by atoms with Crippen molar-refractivity contribution >= 4 is 50.1 Å². The van der Waals surface area contributed by atoms with Gasteiger partial charge in [0.15, 0.2) is 0 Å². The largest absolute Gasteiger partial charge is 0.496 e. The highest BCUT2D eigenvalue weighted by Crippen LogP contribution is 2.28. The van der Waals surface area contributed by atoms with Crippen LogP contribution in [0.5, 0.6) is 5.75 Å². The van der Waals surface area contributed by atoms with E-state index in [0.29, 0.717) is 11.3 Å². The molecule has 3 nitrogen and oxygen atoms in total. The Labute approximate surface area is 140 Å². The molecule has 0 aliphatic rings. The van der Waals surface area contributed by atoms with E-state index in [0.717, 1.165) is 19.3 Å². The Kier molecular flexibility index (Phi) is 5.04. The molecule has 20 heavy (non-hydrogen) atoms. The van der Waals surface area contributed by atoms with Crippen molar-refractivity contribution in [3.8, 4) is 5.75 Å². The minimum absolute atomic E-state index is 0.188. The number of rotatable bonds is 3. The zero-order valence-electron chi connectivity index (χ0n) is 11.0. The van der Waals surface area contributed by atoms with Gasteiger partial charge in [0.1, 0.15) is 5.75 Å². The van der Waals surface area contributed by atoms with Crippen molar-refractivity contribution in [2.75, 3.05) is 12.4 Å². The predicted molar refractivity (Wildman–Crippen MR) is 92.5 cm³/mol. The minimum Gasteiger partial charge on any atom is -0.496 e. The lowest BCUT2D eigenvalue weighted by atomic mass is 10.1. The molecule has 0 saturated carbocycles. The fourth-order valence-corrected chi connectivity index (χ4v) is 2.83. The molecule has 104 valence electrons. The van der Waals surface area contributed by atoms with Gasteiger partial charge in [-0.3, -0.25) is 4.79 Å². The fraction of sp³-hybridized carbons (Fsp3) is 0.133. The first-order valence-electron chi connectivity index (χ1n) is 5.92. The lowest BCUT2D eigenvalue weighted by molar-refractivity contribution is 0.102. The van der Waals surface area contributed by atoms with Crippen LogP contribution < -0.4 is 10.1 Å². The van der Waals surface area contributed by atoms with Gasteiger partial charge in [0, 0.05) is 13.7 Å². The molecule has 2 aromatic rings. The van der Waals surface area contributed by atoms with E-state index < -0.39 is 0 Å². The number of amides is 1. The quantitative estimate of drug-likeness (QED) is 0.700. The molecule has 0 fully saturated rings. The molecule has 0 heterocycles. The first-order valence-corrected chi connectivity index (χ1v) is 7.79. The van der Waals surface area contributed by atoms with E-state index in [1.54, 1.807) is 13.2 Å². The van der Waals surface area contributed by atoms with Gasteiger partial charge >= 0.3 is 0 Å². The number of aryl methyl sites for hydroxylation is 1. The average Bonchev–Trinajstić information content (AvgIpc) is 2.40. The van der Waals surface area contributed by atoms with Crippen LogP contribution in [-0.4, -0.2) is 13.0 Å². The van der Waals surface area contributed by atoms with Crippen LogP contribution in [0, 0.1) is 10.5 Å². The number of nitrogens with one attached hydrogen (secondary N) is 1. The molecule has 0 aliphatic carbocycles. The van der Waals surface area contributed by atoms with Crippen molar-refractivity contribution in [3.63, 3.8) is 0 Å². The SMILES string of the molecule is COc1c(C)cc(Br)cc1C(=O)Nc1ccc(I)cc1. The molecule has 1 N–H and O–H groups in total. The maximum absolute atomic E-state index is 12.4. The summed E-state index contributed by atoms with van der Waals surface area (Å²) in [7, 11) is 1.57. The molecular formula is C15H13BrINO2. The zero-order chi connectivity index (χ0) is 14.7. The first-order chi connectivity index (χ1) is 9.51. The third-order valence-corrected chi connectivity index (χ3v) is 3.97. The van der Waals surface area contributed by atoms with Gasteiger partial charge in [-0.15, -0.1) is 0 Å². The van der Waals surface area contributed by atoms with Gasteiger partial charge in [0.2, 0.25) is 0 Å². The summed E-state index contributed by atoms with van der Waals surface area (Å²) >= 11 is 5.63. The van der Waals surface area contributed by atoms with Crippen LogP contribution in [0.25, 0.3) is 0 Å². The highest BCUT2D eigenvalue weighted by molar-refractivity contribution is 14.1. The zero-order valence-corrected chi connectivity index (χ0v) is 14.8. The van der Waals surface area contributed by atoms with Crippen LogP contribution in [0.2, 0.25) is 0 Å². The summed E-state index contributed by atoms with van der Waals surface area (Å²) in [6.45, 7) is 1.91. The van der Waals surface area contributed by atoms with Crippen LogP contribution in [0.1, 0.15) is 15.9 Å². The van der Waals surface area contributed by atoms with Crippen LogP contribution in [0.4, 0.5) is 5.69 Å². The maximum atomic E-state index is 12.4. The summed E-state index contributed by atoms with van der Waals surface area (Å²) in [6.07, 6.45) is 0. The highest BCUT2D eigenvalue weighted by atomic mass is 127. The lowest BCUT2D eigenvalue weighted by Gasteiger charge is -2.12. The van der Waals surface area contributed by atoms with E-state index in [9.17, 15) is 4.79 Å². The van der Waals surface area contributed by atoms with Crippen molar-refractivity contribution < 1.29 is 9.53 Å². The highest BCUT2D eigenvalue weighted by Gasteiger charge is 2.15. The van der Waals surface area contributed by atoms with Crippen LogP contribution in [0.3, 0.4) is 0 Å². The molecule has 0 spiro atoms. The summed E-state index contributed by atoms with van der Waals surface area (Å²) in [5, 5.41) is 2.87. The van der Waals surface area contributed by atoms with Gasteiger partial charge < -0.3 is 10.1 Å².